The number of rotatable bonds is 3. The van der Waals surface area contributed by atoms with Gasteiger partial charge in [0, 0.05) is 26.2 Å². The van der Waals surface area contributed by atoms with Crippen LogP contribution < -0.4 is 10.2 Å². The number of aliphatic hydroxyl groups is 1. The Labute approximate surface area is 113 Å². The van der Waals surface area contributed by atoms with Crippen molar-refractivity contribution in [1.29, 1.82) is 0 Å². The third-order valence-electron chi connectivity index (χ3n) is 2.89. The summed E-state index contributed by atoms with van der Waals surface area (Å²) in [5, 5.41) is 11.6. The van der Waals surface area contributed by atoms with E-state index in [-0.39, 0.29) is 24.9 Å². The number of hydrogen-bond acceptors (Lipinski definition) is 6. The van der Waals surface area contributed by atoms with Crippen LogP contribution in [0.5, 0.6) is 0 Å². The van der Waals surface area contributed by atoms with Gasteiger partial charge in [-0.05, 0) is 0 Å². The molecule has 1 unspecified atom stereocenters. The predicted molar refractivity (Wildman–Crippen MR) is 65.6 cm³/mol. The molecule has 0 radical (unpaired) electrons. The molecule has 1 aromatic rings. The van der Waals surface area contributed by atoms with E-state index < -0.39 is 18.0 Å². The third-order valence-corrected chi connectivity index (χ3v) is 2.89. The Balaban J connectivity index is 2.30. The number of halogens is 3. The summed E-state index contributed by atoms with van der Waals surface area (Å²) >= 11 is 0. The van der Waals surface area contributed by atoms with Crippen LogP contribution in [0, 0.1) is 0 Å². The topological polar surface area (TPSA) is 70.5 Å². The average molecular weight is 292 g/mol. The van der Waals surface area contributed by atoms with Gasteiger partial charge in [-0.25, -0.2) is 4.98 Å². The highest BCUT2D eigenvalue weighted by molar-refractivity contribution is 5.45. The second-order valence-electron chi connectivity index (χ2n) is 4.30. The molecule has 0 bridgehead atoms. The number of alkyl halides is 3. The van der Waals surface area contributed by atoms with E-state index in [9.17, 15) is 13.2 Å². The van der Waals surface area contributed by atoms with Crippen LogP contribution in [0.4, 0.5) is 24.9 Å². The maximum Gasteiger partial charge on any atom is 0.433 e. The van der Waals surface area contributed by atoms with Gasteiger partial charge < -0.3 is 20.1 Å². The lowest BCUT2D eigenvalue weighted by molar-refractivity contribution is -0.141. The lowest BCUT2D eigenvalue weighted by Crippen LogP contribution is -2.44. The summed E-state index contributed by atoms with van der Waals surface area (Å²) < 4.78 is 43.6. The van der Waals surface area contributed by atoms with Gasteiger partial charge in [0.15, 0.2) is 5.69 Å². The summed E-state index contributed by atoms with van der Waals surface area (Å²) in [6.45, 7) is 0.833. The number of hydrogen-bond donors (Lipinski definition) is 2. The monoisotopic (exact) mass is 292 g/mol. The first-order chi connectivity index (χ1) is 9.44. The number of morpholine rings is 1. The molecular formula is C11H15F3N4O2. The summed E-state index contributed by atoms with van der Waals surface area (Å²) in [6, 6.07) is 0.903. The zero-order chi connectivity index (χ0) is 14.8. The molecule has 0 aliphatic carbocycles. The van der Waals surface area contributed by atoms with Crippen molar-refractivity contribution in [1.82, 2.24) is 9.97 Å². The van der Waals surface area contributed by atoms with Gasteiger partial charge in [0.1, 0.15) is 5.82 Å². The second-order valence-corrected chi connectivity index (χ2v) is 4.30. The number of nitrogens with one attached hydrogen (secondary N) is 1. The van der Waals surface area contributed by atoms with E-state index >= 15 is 0 Å². The minimum Gasteiger partial charge on any atom is -0.394 e. The van der Waals surface area contributed by atoms with Crippen molar-refractivity contribution in [3.05, 3.63) is 11.8 Å². The molecule has 2 rings (SSSR count). The summed E-state index contributed by atoms with van der Waals surface area (Å²) in [5.41, 5.74) is -1.00. The first kappa shape index (κ1) is 14.8. The largest absolute Gasteiger partial charge is 0.433 e. The molecule has 1 saturated heterocycles. The van der Waals surface area contributed by atoms with E-state index in [0.717, 1.165) is 6.07 Å². The standard InChI is InChI=1S/C11H15F3N4O2/c1-15-10-16-8(11(12,13)14)4-9(17-10)18-2-3-20-7(5-18)6-19/h4,7,19H,2-3,5-6H2,1H3,(H,15,16,17). The van der Waals surface area contributed by atoms with Gasteiger partial charge >= 0.3 is 6.18 Å². The Bertz CT molecular complexity index is 469. The molecular weight excluding hydrogens is 277 g/mol. The van der Waals surface area contributed by atoms with Crippen LogP contribution in [-0.2, 0) is 10.9 Å². The highest BCUT2D eigenvalue weighted by Gasteiger charge is 2.34. The predicted octanol–water partition coefficient (Wildman–Crippen LogP) is 0.735. The Hall–Kier alpha value is -1.61. The molecule has 2 N–H and O–H groups in total. The zero-order valence-electron chi connectivity index (χ0n) is 10.8. The maximum absolute atomic E-state index is 12.8. The Morgan fingerprint density at radius 2 is 2.25 bits per heavy atom. The van der Waals surface area contributed by atoms with Gasteiger partial charge in [-0.1, -0.05) is 0 Å². The SMILES string of the molecule is CNc1nc(N2CCOC(CO)C2)cc(C(F)(F)F)n1. The lowest BCUT2D eigenvalue weighted by Gasteiger charge is -2.33. The van der Waals surface area contributed by atoms with Gasteiger partial charge in [-0.2, -0.15) is 18.2 Å². The van der Waals surface area contributed by atoms with Crippen molar-refractivity contribution in [3.8, 4) is 0 Å². The average Bonchev–Trinajstić information content (AvgIpc) is 2.46. The molecule has 1 atom stereocenters. The summed E-state index contributed by atoms with van der Waals surface area (Å²) in [5.74, 6) is 0.0697. The quantitative estimate of drug-likeness (QED) is 0.856. The molecule has 112 valence electrons. The van der Waals surface area contributed by atoms with Crippen LogP contribution >= 0.6 is 0 Å². The van der Waals surface area contributed by atoms with Crippen LogP contribution in [0.2, 0.25) is 0 Å². The van der Waals surface area contributed by atoms with Gasteiger partial charge in [-0.15, -0.1) is 0 Å². The molecule has 2 heterocycles. The van der Waals surface area contributed by atoms with Gasteiger partial charge in [0.25, 0.3) is 0 Å². The van der Waals surface area contributed by atoms with E-state index in [4.69, 9.17) is 9.84 Å². The third kappa shape index (κ3) is 3.28. The van der Waals surface area contributed by atoms with Crippen molar-refractivity contribution in [3.63, 3.8) is 0 Å². The van der Waals surface area contributed by atoms with Gasteiger partial charge in [0.2, 0.25) is 5.95 Å². The number of aromatic nitrogens is 2. The molecule has 1 fully saturated rings. The molecule has 9 heteroatoms. The summed E-state index contributed by atoms with van der Waals surface area (Å²) in [4.78, 5) is 9.07. The van der Waals surface area contributed by atoms with Crippen molar-refractivity contribution in [2.45, 2.75) is 12.3 Å². The van der Waals surface area contributed by atoms with Gasteiger partial charge in [0.05, 0.1) is 19.3 Å². The molecule has 1 aromatic heterocycles. The molecule has 0 saturated carbocycles. The van der Waals surface area contributed by atoms with Crippen LogP contribution in [0.3, 0.4) is 0 Å². The molecule has 0 aromatic carbocycles. The van der Waals surface area contributed by atoms with Crippen molar-refractivity contribution in [2.24, 2.45) is 0 Å². The summed E-state index contributed by atoms with van der Waals surface area (Å²) in [6.07, 6.45) is -4.96. The lowest BCUT2D eigenvalue weighted by atomic mass is 10.2. The first-order valence-electron chi connectivity index (χ1n) is 6.05. The van der Waals surface area contributed by atoms with Crippen LogP contribution in [0.25, 0.3) is 0 Å². The highest BCUT2D eigenvalue weighted by atomic mass is 19.4. The van der Waals surface area contributed by atoms with E-state index in [1.807, 2.05) is 0 Å². The summed E-state index contributed by atoms with van der Waals surface area (Å²) in [7, 11) is 1.45. The molecule has 0 spiro atoms. The fraction of sp³-hybridized carbons (Fsp3) is 0.636. The van der Waals surface area contributed by atoms with Crippen molar-refractivity contribution >= 4 is 11.8 Å². The van der Waals surface area contributed by atoms with E-state index in [2.05, 4.69) is 15.3 Å². The van der Waals surface area contributed by atoms with E-state index in [1.54, 1.807) is 4.90 Å². The van der Waals surface area contributed by atoms with Crippen LogP contribution in [0.15, 0.2) is 6.07 Å². The molecule has 6 nitrogen and oxygen atoms in total. The van der Waals surface area contributed by atoms with E-state index in [1.165, 1.54) is 7.05 Å². The van der Waals surface area contributed by atoms with Crippen LogP contribution in [-0.4, -0.2) is 54.5 Å². The number of ether oxygens (including phenoxy) is 1. The Morgan fingerprint density at radius 3 is 2.85 bits per heavy atom. The Morgan fingerprint density at radius 1 is 1.50 bits per heavy atom. The fourth-order valence-electron chi connectivity index (χ4n) is 1.89. The molecule has 20 heavy (non-hydrogen) atoms. The van der Waals surface area contributed by atoms with Gasteiger partial charge in [-0.3, -0.25) is 0 Å². The minimum atomic E-state index is -4.54. The van der Waals surface area contributed by atoms with Crippen molar-refractivity contribution < 1.29 is 23.0 Å². The first-order valence-corrected chi connectivity index (χ1v) is 6.05. The maximum atomic E-state index is 12.8. The molecule has 0 amide bonds. The minimum absolute atomic E-state index is 0.0955. The Kier molecular flexibility index (Phi) is 4.29. The van der Waals surface area contributed by atoms with E-state index in [0.29, 0.717) is 13.2 Å². The zero-order valence-corrected chi connectivity index (χ0v) is 10.8. The number of nitrogens with zero attached hydrogens (tertiary/aromatic N) is 3. The van der Waals surface area contributed by atoms with Crippen molar-refractivity contribution in [2.75, 3.05) is 43.6 Å². The smallest absolute Gasteiger partial charge is 0.394 e. The second kappa shape index (κ2) is 5.80. The molecule has 1 aliphatic heterocycles. The number of aliphatic hydroxyl groups excluding tert-OH is 1. The highest BCUT2D eigenvalue weighted by Crippen LogP contribution is 2.30. The normalized spacial score (nSPS) is 20.1. The number of anilines is 2. The fourth-order valence-corrected chi connectivity index (χ4v) is 1.89. The van der Waals surface area contributed by atoms with Crippen LogP contribution in [0.1, 0.15) is 5.69 Å². The molecule has 1 aliphatic rings.